The maximum Gasteiger partial charge on any atom is 0.229 e. The second-order valence-corrected chi connectivity index (χ2v) is 7.26. The summed E-state index contributed by atoms with van der Waals surface area (Å²) >= 11 is 0. The highest BCUT2D eigenvalue weighted by atomic mass is 19.1. The molecular formula is C23H23FN4O2. The third-order valence-corrected chi connectivity index (χ3v) is 5.26. The molecule has 1 aromatic heterocycles. The minimum Gasteiger partial charge on any atom is -0.496 e. The molecule has 7 heteroatoms. The number of piperidine rings is 1. The van der Waals surface area contributed by atoms with E-state index in [-0.39, 0.29) is 17.6 Å². The molecule has 154 valence electrons. The number of anilines is 2. The topological polar surface area (TPSA) is 67.3 Å². The van der Waals surface area contributed by atoms with Crippen LogP contribution >= 0.6 is 0 Å². The van der Waals surface area contributed by atoms with Gasteiger partial charge in [0.25, 0.3) is 0 Å². The molecule has 0 radical (unpaired) electrons. The van der Waals surface area contributed by atoms with E-state index in [9.17, 15) is 9.18 Å². The summed E-state index contributed by atoms with van der Waals surface area (Å²) in [6.07, 6.45) is 1.69. The third-order valence-electron chi connectivity index (χ3n) is 5.26. The average molecular weight is 406 g/mol. The summed E-state index contributed by atoms with van der Waals surface area (Å²) in [6.45, 7) is 1.39. The lowest BCUT2D eigenvalue weighted by Crippen LogP contribution is -2.41. The zero-order valence-corrected chi connectivity index (χ0v) is 16.7. The molecule has 1 aliphatic rings. The predicted octanol–water partition coefficient (Wildman–Crippen LogP) is 4.15. The van der Waals surface area contributed by atoms with Crippen LogP contribution in [0.2, 0.25) is 0 Å². The molecule has 1 amide bonds. The van der Waals surface area contributed by atoms with Gasteiger partial charge in [0.05, 0.1) is 18.7 Å². The van der Waals surface area contributed by atoms with Gasteiger partial charge in [-0.2, -0.15) is 0 Å². The zero-order chi connectivity index (χ0) is 20.9. The lowest BCUT2D eigenvalue weighted by molar-refractivity contribution is -0.120. The summed E-state index contributed by atoms with van der Waals surface area (Å²) in [5.74, 6) is 0.930. The lowest BCUT2D eigenvalue weighted by atomic mass is 9.97. The largest absolute Gasteiger partial charge is 0.496 e. The number of methoxy groups -OCH3 is 1. The van der Waals surface area contributed by atoms with Crippen LogP contribution in [-0.2, 0) is 4.79 Å². The van der Waals surface area contributed by atoms with Crippen molar-refractivity contribution in [3.05, 3.63) is 66.5 Å². The summed E-state index contributed by atoms with van der Waals surface area (Å²) in [7, 11) is 1.63. The van der Waals surface area contributed by atoms with Crippen LogP contribution in [0.4, 0.5) is 15.9 Å². The van der Waals surface area contributed by atoms with Crippen LogP contribution in [0.25, 0.3) is 11.3 Å². The molecule has 6 nitrogen and oxygen atoms in total. The number of carbonyl (C=O) groups is 1. The van der Waals surface area contributed by atoms with E-state index in [0.717, 1.165) is 42.2 Å². The van der Waals surface area contributed by atoms with E-state index in [4.69, 9.17) is 4.74 Å². The van der Waals surface area contributed by atoms with Gasteiger partial charge in [0.15, 0.2) is 5.82 Å². The summed E-state index contributed by atoms with van der Waals surface area (Å²) in [5, 5.41) is 11.6. The van der Waals surface area contributed by atoms with E-state index in [1.165, 1.54) is 12.1 Å². The van der Waals surface area contributed by atoms with Crippen LogP contribution in [0.15, 0.2) is 60.7 Å². The molecule has 0 bridgehead atoms. The number of aromatic nitrogens is 2. The lowest BCUT2D eigenvalue weighted by Gasteiger charge is -2.32. The zero-order valence-electron chi connectivity index (χ0n) is 16.7. The molecule has 1 fully saturated rings. The molecule has 30 heavy (non-hydrogen) atoms. The van der Waals surface area contributed by atoms with Gasteiger partial charge in [-0.15, -0.1) is 10.2 Å². The van der Waals surface area contributed by atoms with Crippen LogP contribution in [0.5, 0.6) is 5.75 Å². The molecule has 1 N–H and O–H groups in total. The Balaban J connectivity index is 1.44. The Morgan fingerprint density at radius 3 is 2.63 bits per heavy atom. The number of benzene rings is 2. The predicted molar refractivity (Wildman–Crippen MR) is 114 cm³/mol. The average Bonchev–Trinajstić information content (AvgIpc) is 2.80. The highest BCUT2D eigenvalue weighted by Crippen LogP contribution is 2.29. The smallest absolute Gasteiger partial charge is 0.229 e. The van der Waals surface area contributed by atoms with Crippen molar-refractivity contribution in [2.45, 2.75) is 12.8 Å². The molecule has 2 heterocycles. The molecule has 1 saturated heterocycles. The van der Waals surface area contributed by atoms with Gasteiger partial charge in [-0.3, -0.25) is 4.79 Å². The third kappa shape index (κ3) is 4.40. The molecule has 1 unspecified atom stereocenters. The fourth-order valence-electron chi connectivity index (χ4n) is 3.67. The number of halogens is 1. The van der Waals surface area contributed by atoms with Gasteiger partial charge < -0.3 is 15.0 Å². The quantitative estimate of drug-likeness (QED) is 0.690. The van der Waals surface area contributed by atoms with Gasteiger partial charge in [-0.25, -0.2) is 4.39 Å². The number of nitrogens with zero attached hydrogens (tertiary/aromatic N) is 3. The van der Waals surface area contributed by atoms with Crippen molar-refractivity contribution < 1.29 is 13.9 Å². The molecule has 2 aromatic carbocycles. The van der Waals surface area contributed by atoms with E-state index in [0.29, 0.717) is 12.2 Å². The first-order valence-electron chi connectivity index (χ1n) is 9.92. The highest BCUT2D eigenvalue weighted by Gasteiger charge is 2.27. The molecule has 0 aliphatic carbocycles. The van der Waals surface area contributed by atoms with Crippen molar-refractivity contribution in [1.29, 1.82) is 0 Å². The van der Waals surface area contributed by atoms with Crippen molar-refractivity contribution in [3.8, 4) is 17.0 Å². The highest BCUT2D eigenvalue weighted by molar-refractivity contribution is 5.93. The van der Waals surface area contributed by atoms with E-state index >= 15 is 0 Å². The van der Waals surface area contributed by atoms with E-state index in [1.54, 1.807) is 19.2 Å². The van der Waals surface area contributed by atoms with Crippen LogP contribution < -0.4 is 15.0 Å². The van der Waals surface area contributed by atoms with Gasteiger partial charge in [0.1, 0.15) is 11.6 Å². The number of amides is 1. The van der Waals surface area contributed by atoms with E-state index in [1.807, 2.05) is 36.4 Å². The van der Waals surface area contributed by atoms with Crippen LogP contribution in [-0.4, -0.2) is 36.3 Å². The second-order valence-electron chi connectivity index (χ2n) is 7.26. The number of ether oxygens (including phenoxy) is 1. The van der Waals surface area contributed by atoms with E-state index < -0.39 is 0 Å². The van der Waals surface area contributed by atoms with Crippen molar-refractivity contribution in [2.75, 3.05) is 30.4 Å². The standard InChI is InChI=1S/C23H23FN4O2/c1-30-21-7-3-2-6-19(21)20-12-13-22(27-26-20)28-14-4-5-16(15-28)23(29)25-18-10-8-17(24)9-11-18/h2-3,6-13,16H,4-5,14-15H2,1H3,(H,25,29). The first-order valence-corrected chi connectivity index (χ1v) is 9.92. The SMILES string of the molecule is COc1ccccc1-c1ccc(N2CCCC(C(=O)Nc3ccc(F)cc3)C2)nn1. The molecule has 0 spiro atoms. The van der Waals surface area contributed by atoms with Crippen molar-refractivity contribution in [3.63, 3.8) is 0 Å². The molecule has 4 rings (SSSR count). The fourth-order valence-corrected chi connectivity index (χ4v) is 3.67. The van der Waals surface area contributed by atoms with Gasteiger partial charge >= 0.3 is 0 Å². The van der Waals surface area contributed by atoms with Crippen molar-refractivity contribution in [1.82, 2.24) is 10.2 Å². The first kappa shape index (κ1) is 19.8. The van der Waals surface area contributed by atoms with Crippen molar-refractivity contribution >= 4 is 17.4 Å². The maximum atomic E-state index is 13.1. The molecule has 3 aromatic rings. The Labute approximate surface area is 174 Å². The van der Waals surface area contributed by atoms with Crippen LogP contribution in [0.1, 0.15) is 12.8 Å². The number of hydrogen-bond acceptors (Lipinski definition) is 5. The maximum absolute atomic E-state index is 13.1. The Morgan fingerprint density at radius 1 is 1.10 bits per heavy atom. The summed E-state index contributed by atoms with van der Waals surface area (Å²) in [4.78, 5) is 14.7. The Kier molecular flexibility index (Phi) is 5.88. The van der Waals surface area contributed by atoms with Crippen LogP contribution in [0.3, 0.4) is 0 Å². The van der Waals surface area contributed by atoms with E-state index in [2.05, 4.69) is 20.4 Å². The Bertz CT molecular complexity index is 1010. The van der Waals surface area contributed by atoms with Gasteiger partial charge in [0.2, 0.25) is 5.91 Å². The van der Waals surface area contributed by atoms with Crippen molar-refractivity contribution in [2.24, 2.45) is 5.92 Å². The summed E-state index contributed by atoms with van der Waals surface area (Å²) in [5.41, 5.74) is 2.22. The molecule has 1 atom stereocenters. The number of hydrogen-bond donors (Lipinski definition) is 1. The van der Waals surface area contributed by atoms with Crippen LogP contribution in [0, 0.1) is 11.7 Å². The number of para-hydroxylation sites is 1. The van der Waals surface area contributed by atoms with Gasteiger partial charge in [-0.1, -0.05) is 12.1 Å². The monoisotopic (exact) mass is 406 g/mol. The number of nitrogens with one attached hydrogen (secondary N) is 1. The first-order chi connectivity index (χ1) is 14.6. The van der Waals surface area contributed by atoms with Gasteiger partial charge in [0, 0.05) is 24.3 Å². The summed E-state index contributed by atoms with van der Waals surface area (Å²) < 4.78 is 18.5. The fraction of sp³-hybridized carbons (Fsp3) is 0.261. The Morgan fingerprint density at radius 2 is 1.90 bits per heavy atom. The number of carbonyl (C=O) groups excluding carboxylic acids is 1. The van der Waals surface area contributed by atoms with Gasteiger partial charge in [-0.05, 0) is 61.4 Å². The molecular weight excluding hydrogens is 383 g/mol. The molecule has 0 saturated carbocycles. The Hall–Kier alpha value is -3.48. The number of rotatable bonds is 5. The molecule has 1 aliphatic heterocycles. The second kappa shape index (κ2) is 8.90. The minimum absolute atomic E-state index is 0.0649. The normalized spacial score (nSPS) is 16.2. The summed E-state index contributed by atoms with van der Waals surface area (Å²) in [6, 6.07) is 17.3. The minimum atomic E-state index is -0.327.